The Bertz CT molecular complexity index is 388. The molecule has 2 rings (SSSR count). The molecule has 17 heavy (non-hydrogen) atoms. The Hall–Kier alpha value is -0.540. The molecule has 0 radical (unpaired) electrons. The van der Waals surface area contributed by atoms with Crippen LogP contribution in [-0.4, -0.2) is 19.6 Å². The number of rotatable bonds is 5. The molecule has 0 bridgehead atoms. The van der Waals surface area contributed by atoms with Gasteiger partial charge in [-0.25, -0.2) is 0 Å². The molecule has 0 aromatic heterocycles. The van der Waals surface area contributed by atoms with Crippen molar-refractivity contribution in [3.8, 4) is 0 Å². The molecule has 1 fully saturated rings. The summed E-state index contributed by atoms with van der Waals surface area (Å²) in [5.41, 5.74) is 2.75. The van der Waals surface area contributed by atoms with Gasteiger partial charge >= 0.3 is 0 Å². The smallest absolute Gasteiger partial charge is 0.0425 e. The van der Waals surface area contributed by atoms with Crippen LogP contribution in [0, 0.1) is 0 Å². The summed E-state index contributed by atoms with van der Waals surface area (Å²) in [6.45, 7) is 5.39. The fourth-order valence-electron chi connectivity index (χ4n) is 2.26. The quantitative estimate of drug-likeness (QED) is 0.891. The van der Waals surface area contributed by atoms with E-state index in [1.165, 1.54) is 24.1 Å². The largest absolute Gasteiger partial charge is 0.371 e. The molecule has 2 nitrogen and oxygen atoms in total. The molecular weight excluding hydrogens is 276 g/mol. The first kappa shape index (κ1) is 12.9. The molecule has 0 aliphatic heterocycles. The summed E-state index contributed by atoms with van der Waals surface area (Å²) in [7, 11) is 2.21. The fraction of sp³-hybridized carbons (Fsp3) is 0.571. The van der Waals surface area contributed by atoms with Crippen molar-refractivity contribution < 1.29 is 0 Å². The second kappa shape index (κ2) is 5.40. The fourth-order valence-corrected chi connectivity index (χ4v) is 2.61. The van der Waals surface area contributed by atoms with Crippen LogP contribution in [0.4, 0.5) is 5.69 Å². The third-order valence-electron chi connectivity index (χ3n) is 3.44. The highest BCUT2D eigenvalue weighted by atomic mass is 79.9. The molecule has 0 spiro atoms. The summed E-state index contributed by atoms with van der Waals surface area (Å²) in [5, 5.41) is 3.49. The topological polar surface area (TPSA) is 15.3 Å². The molecule has 1 N–H and O–H groups in total. The van der Waals surface area contributed by atoms with Crippen molar-refractivity contribution in [2.24, 2.45) is 0 Å². The predicted octanol–water partition coefficient (Wildman–Crippen LogP) is 3.72. The number of benzene rings is 1. The zero-order valence-electron chi connectivity index (χ0n) is 10.8. The van der Waals surface area contributed by atoms with E-state index in [-0.39, 0.29) is 0 Å². The molecule has 1 aromatic rings. The predicted molar refractivity (Wildman–Crippen MR) is 77.7 cm³/mol. The average molecular weight is 297 g/mol. The summed E-state index contributed by atoms with van der Waals surface area (Å²) in [4.78, 5) is 2.42. The standard InChI is InChI=1S/C14H21BrN2/c1-4-16-10(2)13-8-5-11(15)9-14(13)17(3)12-6-7-12/h5,8-10,12,16H,4,6-7H2,1-3H3. The van der Waals surface area contributed by atoms with Crippen LogP contribution >= 0.6 is 15.9 Å². The normalized spacial score (nSPS) is 16.9. The Morgan fingerprint density at radius 2 is 2.18 bits per heavy atom. The summed E-state index contributed by atoms with van der Waals surface area (Å²) in [6, 6.07) is 7.75. The number of nitrogens with zero attached hydrogens (tertiary/aromatic N) is 1. The molecule has 1 aliphatic carbocycles. The average Bonchev–Trinajstić information content (AvgIpc) is 3.12. The van der Waals surface area contributed by atoms with Gasteiger partial charge in [-0.1, -0.05) is 28.9 Å². The van der Waals surface area contributed by atoms with E-state index in [9.17, 15) is 0 Å². The second-order valence-electron chi connectivity index (χ2n) is 4.82. The van der Waals surface area contributed by atoms with Crippen molar-refractivity contribution >= 4 is 21.6 Å². The molecule has 1 aromatic carbocycles. The van der Waals surface area contributed by atoms with Crippen LogP contribution < -0.4 is 10.2 Å². The third-order valence-corrected chi connectivity index (χ3v) is 3.94. The van der Waals surface area contributed by atoms with Crippen molar-refractivity contribution in [1.82, 2.24) is 5.32 Å². The lowest BCUT2D eigenvalue weighted by atomic mass is 10.1. The van der Waals surface area contributed by atoms with E-state index in [2.05, 4.69) is 65.2 Å². The van der Waals surface area contributed by atoms with E-state index in [1.807, 2.05) is 0 Å². The molecular formula is C14H21BrN2. The van der Waals surface area contributed by atoms with E-state index < -0.39 is 0 Å². The maximum Gasteiger partial charge on any atom is 0.0425 e. The number of anilines is 1. The monoisotopic (exact) mass is 296 g/mol. The molecule has 0 heterocycles. The van der Waals surface area contributed by atoms with Crippen LogP contribution in [0.25, 0.3) is 0 Å². The Labute approximate surface area is 113 Å². The van der Waals surface area contributed by atoms with Crippen molar-refractivity contribution in [3.05, 3.63) is 28.2 Å². The molecule has 3 heteroatoms. The minimum atomic E-state index is 0.407. The van der Waals surface area contributed by atoms with Gasteiger partial charge in [0, 0.05) is 29.3 Å². The van der Waals surface area contributed by atoms with Gasteiger partial charge in [0.2, 0.25) is 0 Å². The molecule has 1 unspecified atom stereocenters. The lowest BCUT2D eigenvalue weighted by Crippen LogP contribution is -2.25. The van der Waals surface area contributed by atoms with Crippen LogP contribution in [0.1, 0.15) is 38.3 Å². The number of hydrogen-bond donors (Lipinski definition) is 1. The van der Waals surface area contributed by atoms with Crippen LogP contribution in [0.15, 0.2) is 22.7 Å². The zero-order valence-corrected chi connectivity index (χ0v) is 12.4. The van der Waals surface area contributed by atoms with E-state index >= 15 is 0 Å². The van der Waals surface area contributed by atoms with Crippen molar-refractivity contribution in [2.75, 3.05) is 18.5 Å². The van der Waals surface area contributed by atoms with E-state index in [4.69, 9.17) is 0 Å². The highest BCUT2D eigenvalue weighted by molar-refractivity contribution is 9.10. The summed E-state index contributed by atoms with van der Waals surface area (Å²) in [6.07, 6.45) is 2.66. The summed E-state index contributed by atoms with van der Waals surface area (Å²) >= 11 is 3.58. The lowest BCUT2D eigenvalue weighted by Gasteiger charge is -2.25. The van der Waals surface area contributed by atoms with Gasteiger partial charge in [-0.2, -0.15) is 0 Å². The first-order chi connectivity index (χ1) is 8.13. The molecule has 1 aliphatic rings. The van der Waals surface area contributed by atoms with Crippen molar-refractivity contribution in [2.45, 2.75) is 38.8 Å². The van der Waals surface area contributed by atoms with Gasteiger partial charge in [0.05, 0.1) is 0 Å². The Balaban J connectivity index is 2.29. The van der Waals surface area contributed by atoms with Crippen LogP contribution in [0.2, 0.25) is 0 Å². The zero-order chi connectivity index (χ0) is 12.4. The van der Waals surface area contributed by atoms with Crippen molar-refractivity contribution in [3.63, 3.8) is 0 Å². The number of nitrogens with one attached hydrogen (secondary N) is 1. The van der Waals surface area contributed by atoms with Gasteiger partial charge in [0.15, 0.2) is 0 Å². The van der Waals surface area contributed by atoms with E-state index in [1.54, 1.807) is 0 Å². The Morgan fingerprint density at radius 1 is 1.47 bits per heavy atom. The van der Waals surface area contributed by atoms with Gasteiger partial charge in [-0.05, 0) is 44.0 Å². The summed E-state index contributed by atoms with van der Waals surface area (Å²) in [5.74, 6) is 0. The highest BCUT2D eigenvalue weighted by Crippen LogP contribution is 2.35. The van der Waals surface area contributed by atoms with Gasteiger partial charge in [-0.3, -0.25) is 0 Å². The van der Waals surface area contributed by atoms with Gasteiger partial charge in [0.1, 0.15) is 0 Å². The van der Waals surface area contributed by atoms with Crippen LogP contribution in [-0.2, 0) is 0 Å². The van der Waals surface area contributed by atoms with Crippen LogP contribution in [0.5, 0.6) is 0 Å². The van der Waals surface area contributed by atoms with Gasteiger partial charge in [0.25, 0.3) is 0 Å². The molecule has 1 saturated carbocycles. The SMILES string of the molecule is CCNC(C)c1ccc(Br)cc1N(C)C1CC1. The molecule has 1 atom stereocenters. The second-order valence-corrected chi connectivity index (χ2v) is 5.74. The molecule has 0 saturated heterocycles. The minimum Gasteiger partial charge on any atom is -0.371 e. The first-order valence-electron chi connectivity index (χ1n) is 6.39. The van der Waals surface area contributed by atoms with E-state index in [0.717, 1.165) is 17.1 Å². The highest BCUT2D eigenvalue weighted by Gasteiger charge is 2.28. The van der Waals surface area contributed by atoms with Crippen LogP contribution in [0.3, 0.4) is 0 Å². The molecule has 94 valence electrons. The van der Waals surface area contributed by atoms with E-state index in [0.29, 0.717) is 6.04 Å². The van der Waals surface area contributed by atoms with Crippen molar-refractivity contribution in [1.29, 1.82) is 0 Å². The lowest BCUT2D eigenvalue weighted by molar-refractivity contribution is 0.596. The maximum atomic E-state index is 3.58. The van der Waals surface area contributed by atoms with Gasteiger partial charge < -0.3 is 10.2 Å². The Kier molecular flexibility index (Phi) is 4.10. The number of hydrogen-bond acceptors (Lipinski definition) is 2. The number of halogens is 1. The third kappa shape index (κ3) is 3.02. The first-order valence-corrected chi connectivity index (χ1v) is 7.18. The maximum absolute atomic E-state index is 3.58. The Morgan fingerprint density at radius 3 is 2.76 bits per heavy atom. The summed E-state index contributed by atoms with van der Waals surface area (Å²) < 4.78 is 1.16. The van der Waals surface area contributed by atoms with Gasteiger partial charge in [-0.15, -0.1) is 0 Å². The molecule has 0 amide bonds. The minimum absolute atomic E-state index is 0.407.